The van der Waals surface area contributed by atoms with Crippen molar-refractivity contribution < 1.29 is 14.3 Å². The number of carbonyl (C=O) groups is 2. The standard InChI is InChI=1S/C19H19NO3S/c1-12-3-6-15-10-17(24-16(15)9-12)18(21)20-11-13-4-7-14(8-5-13)19(22)23-2/h3-9,17H,10-11H2,1-2H3,(H,20,21)/t17-/m0/s1. The molecule has 1 heterocycles. The Hall–Kier alpha value is -2.27. The van der Waals surface area contributed by atoms with Crippen LogP contribution in [0.2, 0.25) is 0 Å². The fourth-order valence-corrected chi connectivity index (χ4v) is 3.98. The average Bonchev–Trinajstić information content (AvgIpc) is 3.02. The maximum atomic E-state index is 12.4. The van der Waals surface area contributed by atoms with Crippen LogP contribution in [-0.2, 0) is 22.5 Å². The SMILES string of the molecule is COC(=O)c1ccc(CNC(=O)[C@@H]2Cc3ccc(C)cc3S2)cc1. The Morgan fingerprint density at radius 3 is 2.67 bits per heavy atom. The van der Waals surface area contributed by atoms with Gasteiger partial charge in [0, 0.05) is 11.4 Å². The molecule has 1 aliphatic heterocycles. The Labute approximate surface area is 145 Å². The van der Waals surface area contributed by atoms with Crippen molar-refractivity contribution in [3.05, 3.63) is 64.7 Å². The number of hydrogen-bond donors (Lipinski definition) is 1. The Morgan fingerprint density at radius 2 is 1.96 bits per heavy atom. The van der Waals surface area contributed by atoms with Crippen LogP contribution in [-0.4, -0.2) is 24.2 Å². The summed E-state index contributed by atoms with van der Waals surface area (Å²) in [6, 6.07) is 13.4. The van der Waals surface area contributed by atoms with Gasteiger partial charge in [-0.2, -0.15) is 0 Å². The number of carbonyl (C=O) groups excluding carboxylic acids is 2. The highest BCUT2D eigenvalue weighted by Gasteiger charge is 2.28. The first-order valence-electron chi connectivity index (χ1n) is 7.78. The third kappa shape index (κ3) is 3.62. The lowest BCUT2D eigenvalue weighted by atomic mass is 10.1. The minimum atomic E-state index is -0.360. The fourth-order valence-electron chi connectivity index (χ4n) is 2.66. The van der Waals surface area contributed by atoms with E-state index in [4.69, 9.17) is 0 Å². The molecule has 1 aliphatic rings. The Bertz CT molecular complexity index is 771. The normalized spacial score (nSPS) is 15.7. The molecule has 2 aromatic carbocycles. The summed E-state index contributed by atoms with van der Waals surface area (Å²) >= 11 is 1.63. The number of aryl methyl sites for hydroxylation is 1. The third-order valence-electron chi connectivity index (χ3n) is 4.03. The number of thioether (sulfide) groups is 1. The third-order valence-corrected chi connectivity index (χ3v) is 5.33. The summed E-state index contributed by atoms with van der Waals surface area (Å²) in [6.45, 7) is 2.51. The Morgan fingerprint density at radius 1 is 1.21 bits per heavy atom. The molecule has 24 heavy (non-hydrogen) atoms. The van der Waals surface area contributed by atoms with E-state index >= 15 is 0 Å². The molecule has 124 valence electrons. The molecule has 0 saturated carbocycles. The zero-order chi connectivity index (χ0) is 17.1. The zero-order valence-electron chi connectivity index (χ0n) is 13.7. The topological polar surface area (TPSA) is 55.4 Å². The van der Waals surface area contributed by atoms with Crippen molar-refractivity contribution in [2.75, 3.05) is 7.11 Å². The van der Waals surface area contributed by atoms with E-state index in [1.807, 2.05) is 12.1 Å². The molecule has 2 aromatic rings. The number of ether oxygens (including phenoxy) is 1. The highest BCUT2D eigenvalue weighted by Crippen LogP contribution is 2.37. The molecule has 0 aromatic heterocycles. The molecule has 0 spiro atoms. The van der Waals surface area contributed by atoms with E-state index in [9.17, 15) is 9.59 Å². The lowest BCUT2D eigenvalue weighted by Gasteiger charge is -2.10. The predicted molar refractivity (Wildman–Crippen MR) is 94.2 cm³/mol. The summed E-state index contributed by atoms with van der Waals surface area (Å²) in [6.07, 6.45) is 0.771. The first-order valence-corrected chi connectivity index (χ1v) is 8.66. The van der Waals surface area contributed by atoms with E-state index < -0.39 is 0 Å². The number of rotatable bonds is 4. The first kappa shape index (κ1) is 16.6. The van der Waals surface area contributed by atoms with Crippen molar-refractivity contribution in [1.82, 2.24) is 5.32 Å². The van der Waals surface area contributed by atoms with Crippen LogP contribution in [0, 0.1) is 6.92 Å². The Kier molecular flexibility index (Phi) is 4.90. The fraction of sp³-hybridized carbons (Fsp3) is 0.263. The predicted octanol–water partition coefficient (Wildman–Crippen LogP) is 3.11. The van der Waals surface area contributed by atoms with Crippen LogP contribution in [0.3, 0.4) is 0 Å². The smallest absolute Gasteiger partial charge is 0.337 e. The average molecular weight is 341 g/mol. The van der Waals surface area contributed by atoms with E-state index in [1.54, 1.807) is 23.9 Å². The van der Waals surface area contributed by atoms with Gasteiger partial charge in [-0.15, -0.1) is 11.8 Å². The lowest BCUT2D eigenvalue weighted by Crippen LogP contribution is -2.31. The second kappa shape index (κ2) is 7.09. The number of nitrogens with one attached hydrogen (secondary N) is 1. The zero-order valence-corrected chi connectivity index (χ0v) is 14.5. The van der Waals surface area contributed by atoms with Gasteiger partial charge in [0.05, 0.1) is 17.9 Å². The molecular formula is C19H19NO3S. The summed E-state index contributed by atoms with van der Waals surface area (Å²) in [4.78, 5) is 25.0. The molecule has 0 radical (unpaired) electrons. The number of esters is 1. The Balaban J connectivity index is 1.56. The number of fused-ring (bicyclic) bond motifs is 1. The minimum absolute atomic E-state index is 0.0471. The molecule has 1 N–H and O–H groups in total. The first-order chi connectivity index (χ1) is 11.6. The maximum absolute atomic E-state index is 12.4. The molecule has 1 amide bonds. The summed E-state index contributed by atoms with van der Waals surface area (Å²) in [5, 5.41) is 2.90. The van der Waals surface area contributed by atoms with Crippen molar-refractivity contribution in [2.24, 2.45) is 0 Å². The maximum Gasteiger partial charge on any atom is 0.337 e. The second-order valence-corrected chi connectivity index (χ2v) is 7.07. The summed E-state index contributed by atoms with van der Waals surface area (Å²) in [5.41, 5.74) is 3.92. The lowest BCUT2D eigenvalue weighted by molar-refractivity contribution is -0.120. The second-order valence-electron chi connectivity index (χ2n) is 5.83. The number of amides is 1. The molecule has 0 unspecified atom stereocenters. The molecule has 0 fully saturated rings. The molecule has 0 saturated heterocycles. The molecule has 0 aliphatic carbocycles. The van der Waals surface area contributed by atoms with Gasteiger partial charge >= 0.3 is 5.97 Å². The summed E-state index contributed by atoms with van der Waals surface area (Å²) in [5.74, 6) is -0.313. The van der Waals surface area contributed by atoms with Gasteiger partial charge in [-0.1, -0.05) is 29.8 Å². The quantitative estimate of drug-likeness (QED) is 0.868. The van der Waals surface area contributed by atoms with Crippen molar-refractivity contribution in [1.29, 1.82) is 0 Å². The molecular weight excluding hydrogens is 322 g/mol. The van der Waals surface area contributed by atoms with E-state index in [0.717, 1.165) is 12.0 Å². The number of hydrogen-bond acceptors (Lipinski definition) is 4. The molecule has 3 rings (SSSR count). The van der Waals surface area contributed by atoms with Gasteiger partial charge in [0.2, 0.25) is 5.91 Å². The van der Waals surface area contributed by atoms with E-state index in [-0.39, 0.29) is 17.1 Å². The molecule has 0 bridgehead atoms. The van der Waals surface area contributed by atoms with E-state index in [2.05, 4.69) is 35.2 Å². The molecule has 1 atom stereocenters. The van der Waals surface area contributed by atoms with Crippen LogP contribution in [0.15, 0.2) is 47.4 Å². The minimum Gasteiger partial charge on any atom is -0.465 e. The van der Waals surface area contributed by atoms with Gasteiger partial charge in [0.25, 0.3) is 0 Å². The van der Waals surface area contributed by atoms with Gasteiger partial charge in [-0.05, 0) is 42.7 Å². The van der Waals surface area contributed by atoms with Crippen LogP contribution in [0.1, 0.15) is 27.0 Å². The summed E-state index contributed by atoms with van der Waals surface area (Å²) in [7, 11) is 1.36. The van der Waals surface area contributed by atoms with Crippen LogP contribution in [0.5, 0.6) is 0 Å². The van der Waals surface area contributed by atoms with Crippen LogP contribution in [0.25, 0.3) is 0 Å². The van der Waals surface area contributed by atoms with Crippen LogP contribution < -0.4 is 5.32 Å². The monoisotopic (exact) mass is 341 g/mol. The van der Waals surface area contributed by atoms with Gasteiger partial charge < -0.3 is 10.1 Å². The van der Waals surface area contributed by atoms with E-state index in [1.165, 1.54) is 23.1 Å². The van der Waals surface area contributed by atoms with Crippen LogP contribution >= 0.6 is 11.8 Å². The highest BCUT2D eigenvalue weighted by molar-refractivity contribution is 8.01. The van der Waals surface area contributed by atoms with E-state index in [0.29, 0.717) is 12.1 Å². The number of benzene rings is 2. The van der Waals surface area contributed by atoms with Crippen molar-refractivity contribution >= 4 is 23.6 Å². The van der Waals surface area contributed by atoms with Crippen molar-refractivity contribution in [3.63, 3.8) is 0 Å². The highest BCUT2D eigenvalue weighted by atomic mass is 32.2. The largest absolute Gasteiger partial charge is 0.465 e. The number of methoxy groups -OCH3 is 1. The van der Waals surface area contributed by atoms with Gasteiger partial charge in [-0.3, -0.25) is 4.79 Å². The van der Waals surface area contributed by atoms with Gasteiger partial charge in [-0.25, -0.2) is 4.79 Å². The van der Waals surface area contributed by atoms with Crippen molar-refractivity contribution in [2.45, 2.75) is 30.0 Å². The molecule has 4 nitrogen and oxygen atoms in total. The van der Waals surface area contributed by atoms with Crippen molar-refractivity contribution in [3.8, 4) is 0 Å². The van der Waals surface area contributed by atoms with Gasteiger partial charge in [0.15, 0.2) is 0 Å². The van der Waals surface area contributed by atoms with Crippen LogP contribution in [0.4, 0.5) is 0 Å². The van der Waals surface area contributed by atoms with Gasteiger partial charge in [0.1, 0.15) is 0 Å². The molecule has 5 heteroatoms. The summed E-state index contributed by atoms with van der Waals surface area (Å²) < 4.78 is 4.67.